The fraction of sp³-hybridized carbons (Fsp3) is 0.423. The lowest BCUT2D eigenvalue weighted by atomic mass is 9.79. The van der Waals surface area contributed by atoms with E-state index in [1.807, 2.05) is 24.3 Å². The van der Waals surface area contributed by atoms with Crippen LogP contribution in [0, 0.1) is 5.92 Å². The molecule has 1 atom stereocenters. The molecule has 7 nitrogen and oxygen atoms in total. The molecule has 2 amide bonds. The van der Waals surface area contributed by atoms with Crippen LogP contribution >= 0.6 is 0 Å². The van der Waals surface area contributed by atoms with E-state index < -0.39 is 18.1 Å². The molecule has 0 radical (unpaired) electrons. The molecule has 5 rings (SSSR count). The summed E-state index contributed by atoms with van der Waals surface area (Å²) in [4.78, 5) is 38.7. The first-order valence-electron chi connectivity index (χ1n) is 11.7. The number of amides is 2. The summed E-state index contributed by atoms with van der Waals surface area (Å²) in [6, 6.07) is 15.5. The van der Waals surface area contributed by atoms with Crippen LogP contribution < -0.4 is 5.32 Å². The first-order chi connectivity index (χ1) is 16.0. The van der Waals surface area contributed by atoms with Gasteiger partial charge >= 0.3 is 12.1 Å². The zero-order valence-electron chi connectivity index (χ0n) is 18.4. The van der Waals surface area contributed by atoms with Crippen LogP contribution in [0.1, 0.15) is 49.1 Å². The average Bonchev–Trinajstić information content (AvgIpc) is 3.56. The van der Waals surface area contributed by atoms with Gasteiger partial charge in [0, 0.05) is 12.0 Å². The quantitative estimate of drug-likeness (QED) is 0.641. The first kappa shape index (κ1) is 21.5. The Bertz CT molecular complexity index is 1030. The van der Waals surface area contributed by atoms with Crippen molar-refractivity contribution in [3.8, 4) is 11.1 Å². The number of nitrogens with zero attached hydrogens (tertiary/aromatic N) is 1. The van der Waals surface area contributed by atoms with Gasteiger partial charge in [-0.2, -0.15) is 0 Å². The SMILES string of the molecule is O=C(O)CN(C(=O)C(NC(=O)OCC1c2ccccc2-c2ccccc21)C1CCC1)C1CC1. The van der Waals surface area contributed by atoms with Crippen molar-refractivity contribution in [1.82, 2.24) is 10.2 Å². The van der Waals surface area contributed by atoms with E-state index in [4.69, 9.17) is 4.74 Å². The standard InChI is InChI=1S/C26H28N2O5/c29-23(30)14-28(17-12-13-17)25(31)24(16-6-5-7-16)27-26(32)33-15-22-20-10-3-1-8-18(20)19-9-2-4-11-21(19)22/h1-4,8-11,16-17,22,24H,5-7,12-15H2,(H,27,32)(H,29,30). The number of carboxylic acids is 1. The number of carboxylic acid groups (broad SMARTS) is 1. The summed E-state index contributed by atoms with van der Waals surface area (Å²) >= 11 is 0. The molecule has 2 fully saturated rings. The Morgan fingerprint density at radius 2 is 1.58 bits per heavy atom. The molecule has 3 aliphatic rings. The Hall–Kier alpha value is -3.35. The second kappa shape index (κ2) is 8.89. The van der Waals surface area contributed by atoms with Crippen molar-refractivity contribution in [2.45, 2.75) is 50.1 Å². The van der Waals surface area contributed by atoms with Crippen molar-refractivity contribution in [2.75, 3.05) is 13.2 Å². The van der Waals surface area contributed by atoms with Gasteiger partial charge in [0.1, 0.15) is 19.2 Å². The van der Waals surface area contributed by atoms with Gasteiger partial charge in [0.2, 0.25) is 5.91 Å². The van der Waals surface area contributed by atoms with Gasteiger partial charge in [0.05, 0.1) is 0 Å². The number of carbonyl (C=O) groups is 3. The summed E-state index contributed by atoms with van der Waals surface area (Å²) < 4.78 is 5.64. The lowest BCUT2D eigenvalue weighted by molar-refractivity contribution is -0.146. The van der Waals surface area contributed by atoms with Crippen molar-refractivity contribution in [1.29, 1.82) is 0 Å². The van der Waals surface area contributed by atoms with Gasteiger partial charge < -0.3 is 20.1 Å². The minimum atomic E-state index is -1.04. The molecule has 0 aliphatic heterocycles. The molecule has 2 aromatic rings. The van der Waals surface area contributed by atoms with E-state index in [1.165, 1.54) is 4.90 Å². The van der Waals surface area contributed by atoms with Crippen LogP contribution in [-0.2, 0) is 14.3 Å². The molecule has 1 unspecified atom stereocenters. The van der Waals surface area contributed by atoms with Crippen molar-refractivity contribution in [3.63, 3.8) is 0 Å². The summed E-state index contributed by atoms with van der Waals surface area (Å²) in [6.45, 7) is -0.161. The molecule has 0 heterocycles. The van der Waals surface area contributed by atoms with Crippen LogP contribution in [0.15, 0.2) is 48.5 Å². The molecule has 7 heteroatoms. The highest BCUT2D eigenvalue weighted by Gasteiger charge is 2.42. The minimum absolute atomic E-state index is 0.0213. The Balaban J connectivity index is 1.27. The van der Waals surface area contributed by atoms with Crippen LogP contribution in [-0.4, -0.2) is 53.2 Å². The third kappa shape index (κ3) is 4.32. The maximum atomic E-state index is 13.2. The van der Waals surface area contributed by atoms with Crippen LogP contribution in [0.2, 0.25) is 0 Å². The van der Waals surface area contributed by atoms with E-state index in [0.29, 0.717) is 0 Å². The highest BCUT2D eigenvalue weighted by molar-refractivity contribution is 5.89. The molecule has 33 heavy (non-hydrogen) atoms. The molecule has 2 aromatic carbocycles. The van der Waals surface area contributed by atoms with Gasteiger partial charge in [-0.1, -0.05) is 55.0 Å². The largest absolute Gasteiger partial charge is 0.480 e. The van der Waals surface area contributed by atoms with E-state index in [1.54, 1.807) is 0 Å². The topological polar surface area (TPSA) is 95.9 Å². The van der Waals surface area contributed by atoms with Gasteiger partial charge in [-0.25, -0.2) is 4.79 Å². The highest BCUT2D eigenvalue weighted by atomic mass is 16.5. The molecule has 0 aromatic heterocycles. The Morgan fingerprint density at radius 1 is 0.970 bits per heavy atom. The second-order valence-electron chi connectivity index (χ2n) is 9.23. The predicted molar refractivity (Wildman–Crippen MR) is 122 cm³/mol. The van der Waals surface area contributed by atoms with Crippen molar-refractivity contribution >= 4 is 18.0 Å². The van der Waals surface area contributed by atoms with Gasteiger partial charge in [0.25, 0.3) is 0 Å². The molecule has 3 aliphatic carbocycles. The van der Waals surface area contributed by atoms with Gasteiger partial charge in [0.15, 0.2) is 0 Å². The van der Waals surface area contributed by atoms with Crippen molar-refractivity contribution in [3.05, 3.63) is 59.7 Å². The third-order valence-corrected chi connectivity index (χ3v) is 7.08. The van der Waals surface area contributed by atoms with Gasteiger partial charge in [-0.05, 0) is 53.9 Å². The fourth-order valence-electron chi connectivity index (χ4n) is 5.02. The maximum Gasteiger partial charge on any atom is 0.407 e. The first-order valence-corrected chi connectivity index (χ1v) is 11.7. The number of carbonyl (C=O) groups excluding carboxylic acids is 2. The van der Waals surface area contributed by atoms with E-state index >= 15 is 0 Å². The summed E-state index contributed by atoms with van der Waals surface area (Å²) in [5, 5.41) is 12.0. The van der Waals surface area contributed by atoms with Crippen molar-refractivity contribution in [2.24, 2.45) is 5.92 Å². The summed E-state index contributed by atoms with van der Waals surface area (Å²) in [7, 11) is 0. The van der Waals surface area contributed by atoms with Crippen LogP contribution in [0.5, 0.6) is 0 Å². The normalized spacial score (nSPS) is 17.9. The molecular weight excluding hydrogens is 420 g/mol. The molecule has 0 saturated heterocycles. The smallest absolute Gasteiger partial charge is 0.407 e. The zero-order chi connectivity index (χ0) is 22.9. The van der Waals surface area contributed by atoms with E-state index in [-0.39, 0.29) is 36.9 Å². The fourth-order valence-corrected chi connectivity index (χ4v) is 5.02. The predicted octanol–water partition coefficient (Wildman–Crippen LogP) is 3.77. The number of nitrogens with one attached hydrogen (secondary N) is 1. The zero-order valence-corrected chi connectivity index (χ0v) is 18.4. The number of rotatable bonds is 8. The number of hydrogen-bond acceptors (Lipinski definition) is 4. The number of fused-ring (bicyclic) bond motifs is 3. The Labute approximate surface area is 192 Å². The van der Waals surface area contributed by atoms with E-state index in [2.05, 4.69) is 29.6 Å². The van der Waals surface area contributed by atoms with Gasteiger partial charge in [-0.3, -0.25) is 9.59 Å². The van der Waals surface area contributed by atoms with Crippen LogP contribution in [0.3, 0.4) is 0 Å². The summed E-state index contributed by atoms with van der Waals surface area (Å²) in [6.07, 6.45) is 3.66. The number of ether oxygens (including phenoxy) is 1. The number of benzene rings is 2. The van der Waals surface area contributed by atoms with E-state index in [0.717, 1.165) is 54.4 Å². The lowest BCUT2D eigenvalue weighted by Gasteiger charge is -2.36. The second-order valence-corrected chi connectivity index (χ2v) is 9.23. The third-order valence-electron chi connectivity index (χ3n) is 7.08. The maximum absolute atomic E-state index is 13.2. The number of hydrogen-bond donors (Lipinski definition) is 2. The highest BCUT2D eigenvalue weighted by Crippen LogP contribution is 2.44. The molecule has 0 bridgehead atoms. The molecular formula is C26H28N2O5. The number of aliphatic carboxylic acids is 1. The lowest BCUT2D eigenvalue weighted by Crippen LogP contribution is -2.55. The van der Waals surface area contributed by atoms with E-state index in [9.17, 15) is 19.5 Å². The average molecular weight is 449 g/mol. The number of alkyl carbamates (subject to hydrolysis) is 1. The Morgan fingerprint density at radius 3 is 2.09 bits per heavy atom. The monoisotopic (exact) mass is 448 g/mol. The molecule has 0 spiro atoms. The summed E-state index contributed by atoms with van der Waals surface area (Å²) in [5.41, 5.74) is 4.55. The Kier molecular flexibility index (Phi) is 5.79. The van der Waals surface area contributed by atoms with Gasteiger partial charge in [-0.15, -0.1) is 0 Å². The van der Waals surface area contributed by atoms with Crippen molar-refractivity contribution < 1.29 is 24.2 Å². The molecule has 2 N–H and O–H groups in total. The van der Waals surface area contributed by atoms with Crippen LogP contribution in [0.4, 0.5) is 4.79 Å². The van der Waals surface area contributed by atoms with Crippen LogP contribution in [0.25, 0.3) is 11.1 Å². The molecule has 2 saturated carbocycles. The molecule has 172 valence electrons. The minimum Gasteiger partial charge on any atom is -0.480 e. The summed E-state index contributed by atoms with van der Waals surface area (Å²) in [5.74, 6) is -1.38.